The third-order valence-electron chi connectivity index (χ3n) is 3.24. The smallest absolute Gasteiger partial charge is 0.305 e. The van der Waals surface area contributed by atoms with E-state index in [1.165, 1.54) is 19.1 Å². The molecule has 0 aliphatic rings. The van der Waals surface area contributed by atoms with Gasteiger partial charge in [0.05, 0.1) is 7.11 Å². The third-order valence-corrected chi connectivity index (χ3v) is 3.24. The normalized spacial score (nSPS) is 10.3. The molecule has 0 spiro atoms. The fraction of sp³-hybridized carbons (Fsp3) is 0.562. The minimum atomic E-state index is -0.138. The summed E-state index contributed by atoms with van der Waals surface area (Å²) in [6.45, 7) is 1.77. The zero-order valence-corrected chi connectivity index (χ0v) is 12.4. The summed E-state index contributed by atoms with van der Waals surface area (Å²) in [6.07, 6.45) is 5.65. The number of nitrogens with one attached hydrogen (secondary N) is 1. The molecule has 1 rings (SSSR count). The van der Waals surface area contributed by atoms with E-state index in [0.29, 0.717) is 6.42 Å². The topological polar surface area (TPSA) is 64.3 Å². The predicted octanol–water partition coefficient (Wildman–Crippen LogP) is 2.72. The highest BCUT2D eigenvalue weighted by Gasteiger charge is 2.00. The quantitative estimate of drug-likeness (QED) is 0.510. The van der Waals surface area contributed by atoms with Gasteiger partial charge < -0.3 is 15.8 Å². The lowest BCUT2D eigenvalue weighted by Crippen LogP contribution is -2.04. The van der Waals surface area contributed by atoms with Crippen molar-refractivity contribution in [2.24, 2.45) is 5.73 Å². The summed E-state index contributed by atoms with van der Waals surface area (Å²) in [4.78, 5) is 11.0. The largest absolute Gasteiger partial charge is 0.469 e. The summed E-state index contributed by atoms with van der Waals surface area (Å²) in [7, 11) is 1.43. The number of ether oxygens (including phenoxy) is 1. The maximum absolute atomic E-state index is 11.0. The van der Waals surface area contributed by atoms with Crippen molar-refractivity contribution in [1.29, 1.82) is 0 Å². The number of nitrogens with two attached hydrogens (primary N) is 1. The minimum Gasteiger partial charge on any atom is -0.469 e. The molecule has 0 bridgehead atoms. The van der Waals surface area contributed by atoms with Gasteiger partial charge in [0.25, 0.3) is 0 Å². The Morgan fingerprint density at radius 1 is 1.15 bits per heavy atom. The van der Waals surface area contributed by atoms with Crippen LogP contribution in [0.1, 0.15) is 37.7 Å². The van der Waals surface area contributed by atoms with Crippen LogP contribution in [0, 0.1) is 0 Å². The van der Waals surface area contributed by atoms with Crippen LogP contribution in [0.5, 0.6) is 0 Å². The zero-order valence-electron chi connectivity index (χ0n) is 12.4. The first-order chi connectivity index (χ1) is 9.76. The van der Waals surface area contributed by atoms with E-state index in [0.717, 1.165) is 44.5 Å². The average Bonchev–Trinajstić information content (AvgIpc) is 2.48. The summed E-state index contributed by atoms with van der Waals surface area (Å²) in [6, 6.07) is 8.41. The highest BCUT2D eigenvalue weighted by molar-refractivity contribution is 5.69. The summed E-state index contributed by atoms with van der Waals surface area (Å²) in [5.74, 6) is -0.138. The number of anilines is 1. The molecule has 0 aliphatic heterocycles. The number of unbranched alkanes of at least 4 members (excludes halogenated alkanes) is 2. The number of rotatable bonds is 10. The molecule has 0 saturated heterocycles. The minimum absolute atomic E-state index is 0.138. The van der Waals surface area contributed by atoms with E-state index >= 15 is 0 Å². The van der Waals surface area contributed by atoms with Gasteiger partial charge in [-0.2, -0.15) is 0 Å². The Kier molecular flexibility index (Phi) is 8.47. The first-order valence-corrected chi connectivity index (χ1v) is 7.36. The van der Waals surface area contributed by atoms with E-state index in [1.54, 1.807) is 0 Å². The highest BCUT2D eigenvalue weighted by Crippen LogP contribution is 2.12. The first kappa shape index (κ1) is 16.5. The molecule has 0 aromatic heterocycles. The van der Waals surface area contributed by atoms with Crippen molar-refractivity contribution in [2.45, 2.75) is 38.5 Å². The van der Waals surface area contributed by atoms with Crippen LogP contribution in [0.4, 0.5) is 5.69 Å². The van der Waals surface area contributed by atoms with Gasteiger partial charge in [-0.1, -0.05) is 18.6 Å². The van der Waals surface area contributed by atoms with Crippen LogP contribution in [0.3, 0.4) is 0 Å². The van der Waals surface area contributed by atoms with Gasteiger partial charge in [-0.3, -0.25) is 4.79 Å². The van der Waals surface area contributed by atoms with Crippen molar-refractivity contribution < 1.29 is 9.53 Å². The van der Waals surface area contributed by atoms with Gasteiger partial charge in [-0.15, -0.1) is 0 Å². The molecule has 0 amide bonds. The fourth-order valence-corrected chi connectivity index (χ4v) is 2.01. The Balaban J connectivity index is 2.21. The first-order valence-electron chi connectivity index (χ1n) is 7.36. The van der Waals surface area contributed by atoms with E-state index in [2.05, 4.69) is 34.3 Å². The van der Waals surface area contributed by atoms with Gasteiger partial charge >= 0.3 is 5.97 Å². The molecule has 0 radical (unpaired) electrons. The van der Waals surface area contributed by atoms with Crippen molar-refractivity contribution in [1.82, 2.24) is 0 Å². The number of aryl methyl sites for hydroxylation is 1. The second kappa shape index (κ2) is 10.3. The van der Waals surface area contributed by atoms with Crippen LogP contribution < -0.4 is 11.1 Å². The Hall–Kier alpha value is -1.55. The summed E-state index contributed by atoms with van der Waals surface area (Å²) in [5, 5.41) is 3.40. The number of methoxy groups -OCH3 is 1. The SMILES string of the molecule is COC(=O)CCCc1ccc(NCCCCCN)cc1. The van der Waals surface area contributed by atoms with Gasteiger partial charge in [0.1, 0.15) is 0 Å². The van der Waals surface area contributed by atoms with E-state index in [1.807, 2.05) is 0 Å². The number of hydrogen-bond donors (Lipinski definition) is 2. The summed E-state index contributed by atoms with van der Waals surface area (Å²) in [5.41, 5.74) is 7.86. The van der Waals surface area contributed by atoms with Crippen LogP contribution in [-0.4, -0.2) is 26.2 Å². The highest BCUT2D eigenvalue weighted by atomic mass is 16.5. The fourth-order valence-electron chi connectivity index (χ4n) is 2.01. The van der Waals surface area contributed by atoms with Crippen LogP contribution in [0.25, 0.3) is 0 Å². The Morgan fingerprint density at radius 3 is 2.55 bits per heavy atom. The maximum Gasteiger partial charge on any atom is 0.305 e. The third kappa shape index (κ3) is 7.14. The summed E-state index contributed by atoms with van der Waals surface area (Å²) < 4.78 is 4.62. The lowest BCUT2D eigenvalue weighted by atomic mass is 10.1. The lowest BCUT2D eigenvalue weighted by molar-refractivity contribution is -0.140. The van der Waals surface area contributed by atoms with Crippen LogP contribution >= 0.6 is 0 Å². The Labute approximate surface area is 121 Å². The molecule has 0 atom stereocenters. The average molecular weight is 278 g/mol. The van der Waals surface area contributed by atoms with E-state index in [-0.39, 0.29) is 5.97 Å². The van der Waals surface area contributed by atoms with Crippen LogP contribution in [0.15, 0.2) is 24.3 Å². The molecule has 20 heavy (non-hydrogen) atoms. The molecule has 112 valence electrons. The Morgan fingerprint density at radius 2 is 1.90 bits per heavy atom. The molecule has 3 N–H and O–H groups in total. The van der Waals surface area contributed by atoms with Crippen molar-refractivity contribution in [3.8, 4) is 0 Å². The van der Waals surface area contributed by atoms with Crippen LogP contribution in [-0.2, 0) is 16.0 Å². The summed E-state index contributed by atoms with van der Waals surface area (Å²) >= 11 is 0. The second-order valence-electron chi connectivity index (χ2n) is 4.90. The van der Waals surface area contributed by atoms with Crippen molar-refractivity contribution >= 4 is 11.7 Å². The molecule has 0 heterocycles. The van der Waals surface area contributed by atoms with E-state index < -0.39 is 0 Å². The van der Waals surface area contributed by atoms with Gasteiger partial charge in [0.2, 0.25) is 0 Å². The van der Waals surface area contributed by atoms with Crippen LogP contribution in [0.2, 0.25) is 0 Å². The molecule has 0 unspecified atom stereocenters. The molecule has 0 aliphatic carbocycles. The monoisotopic (exact) mass is 278 g/mol. The second-order valence-corrected chi connectivity index (χ2v) is 4.90. The molecular formula is C16H26N2O2. The molecule has 0 saturated carbocycles. The molecule has 4 heteroatoms. The molecule has 4 nitrogen and oxygen atoms in total. The van der Waals surface area contributed by atoms with E-state index in [9.17, 15) is 4.79 Å². The number of hydrogen-bond acceptors (Lipinski definition) is 4. The molecular weight excluding hydrogens is 252 g/mol. The van der Waals surface area contributed by atoms with Crippen molar-refractivity contribution in [2.75, 3.05) is 25.5 Å². The molecule has 1 aromatic rings. The van der Waals surface area contributed by atoms with Crippen molar-refractivity contribution in [3.05, 3.63) is 29.8 Å². The van der Waals surface area contributed by atoms with Gasteiger partial charge in [0.15, 0.2) is 0 Å². The number of carbonyl (C=O) groups excluding carboxylic acids is 1. The van der Waals surface area contributed by atoms with Gasteiger partial charge in [0, 0.05) is 18.7 Å². The number of carbonyl (C=O) groups is 1. The molecule has 1 aromatic carbocycles. The van der Waals surface area contributed by atoms with Gasteiger partial charge in [-0.05, 0) is 49.9 Å². The van der Waals surface area contributed by atoms with E-state index in [4.69, 9.17) is 5.73 Å². The Bertz CT molecular complexity index is 377. The predicted molar refractivity (Wildman–Crippen MR) is 82.8 cm³/mol. The lowest BCUT2D eigenvalue weighted by Gasteiger charge is -2.07. The standard InChI is InChI=1S/C16H26N2O2/c1-20-16(19)7-5-6-14-8-10-15(11-9-14)18-13-4-2-3-12-17/h8-11,18H,2-7,12-13,17H2,1H3. The van der Waals surface area contributed by atoms with Gasteiger partial charge in [-0.25, -0.2) is 0 Å². The zero-order chi connectivity index (χ0) is 14.6. The molecule has 0 fully saturated rings. The number of esters is 1. The maximum atomic E-state index is 11.0. The number of benzene rings is 1. The van der Waals surface area contributed by atoms with Crippen molar-refractivity contribution in [3.63, 3.8) is 0 Å².